The van der Waals surface area contributed by atoms with Crippen LogP contribution in [0.5, 0.6) is 0 Å². The van der Waals surface area contributed by atoms with Crippen molar-refractivity contribution in [3.63, 3.8) is 0 Å². The molecule has 0 bridgehead atoms. The third-order valence-electron chi connectivity index (χ3n) is 3.23. The van der Waals surface area contributed by atoms with Crippen molar-refractivity contribution in [1.29, 1.82) is 0 Å². The van der Waals surface area contributed by atoms with Gasteiger partial charge in [-0.2, -0.15) is 11.3 Å². The van der Waals surface area contributed by atoms with Crippen molar-refractivity contribution < 1.29 is 13.2 Å². The van der Waals surface area contributed by atoms with Gasteiger partial charge in [-0.25, -0.2) is 13.1 Å². The number of hydrogen-bond acceptors (Lipinski definition) is 5. The second kappa shape index (κ2) is 7.28. The number of carbonyl (C=O) groups is 1. The van der Waals surface area contributed by atoms with Gasteiger partial charge in [-0.05, 0) is 47.8 Å². The summed E-state index contributed by atoms with van der Waals surface area (Å²) in [5, 5.41) is 3.66. The van der Waals surface area contributed by atoms with Crippen LogP contribution in [0.2, 0.25) is 0 Å². The molecule has 2 heterocycles. The largest absolute Gasteiger partial charge is 0.288 e. The highest BCUT2D eigenvalue weighted by Crippen LogP contribution is 2.22. The zero-order chi connectivity index (χ0) is 17.2. The second-order valence-corrected chi connectivity index (χ2v) is 9.52. The van der Waals surface area contributed by atoms with Gasteiger partial charge in [-0.15, -0.1) is 11.3 Å². The highest BCUT2D eigenvalue weighted by atomic mass is 79.9. The van der Waals surface area contributed by atoms with E-state index in [4.69, 9.17) is 0 Å². The molecule has 0 aliphatic rings. The van der Waals surface area contributed by atoms with Gasteiger partial charge in [0.05, 0.1) is 9.77 Å². The topological polar surface area (TPSA) is 63.2 Å². The third-order valence-corrected chi connectivity index (χ3v) is 6.94. The quantitative estimate of drug-likeness (QED) is 0.580. The molecule has 0 saturated carbocycles. The monoisotopic (exact) mass is 441 g/mol. The van der Waals surface area contributed by atoms with Crippen LogP contribution in [0.1, 0.15) is 20.1 Å². The Morgan fingerprint density at radius 3 is 2.50 bits per heavy atom. The van der Waals surface area contributed by atoms with Crippen LogP contribution in [0.4, 0.5) is 0 Å². The summed E-state index contributed by atoms with van der Waals surface area (Å²) in [6, 6.07) is 11.7. The van der Waals surface area contributed by atoms with E-state index in [9.17, 15) is 13.2 Å². The zero-order valence-corrected chi connectivity index (χ0v) is 16.3. The van der Waals surface area contributed by atoms with E-state index in [1.54, 1.807) is 35.7 Å². The average Bonchev–Trinajstić information content (AvgIpc) is 3.25. The van der Waals surface area contributed by atoms with Gasteiger partial charge >= 0.3 is 0 Å². The Hall–Kier alpha value is -1.32. The normalized spacial score (nSPS) is 11.5. The smallest absolute Gasteiger partial charge is 0.240 e. The van der Waals surface area contributed by atoms with E-state index in [1.165, 1.54) is 34.8 Å². The summed E-state index contributed by atoms with van der Waals surface area (Å²) in [5.74, 6) is -0.0386. The molecule has 0 aliphatic carbocycles. The van der Waals surface area contributed by atoms with Gasteiger partial charge in [-0.1, -0.05) is 15.9 Å². The Labute approximate surface area is 156 Å². The highest BCUT2D eigenvalue weighted by molar-refractivity contribution is 9.10. The molecule has 3 rings (SSSR count). The molecule has 0 fully saturated rings. The van der Waals surface area contributed by atoms with Crippen molar-refractivity contribution in [3.8, 4) is 0 Å². The van der Waals surface area contributed by atoms with Gasteiger partial charge in [0.25, 0.3) is 0 Å². The van der Waals surface area contributed by atoms with Crippen LogP contribution in [-0.4, -0.2) is 14.2 Å². The molecule has 1 aromatic carbocycles. The van der Waals surface area contributed by atoms with Gasteiger partial charge in [0.1, 0.15) is 0 Å². The van der Waals surface area contributed by atoms with Crippen LogP contribution in [0.15, 0.2) is 62.6 Å². The molecule has 4 nitrogen and oxygen atoms in total. The van der Waals surface area contributed by atoms with Crippen molar-refractivity contribution >= 4 is 54.4 Å². The minimum Gasteiger partial charge on any atom is -0.288 e. The minimum absolute atomic E-state index is 0.0386. The molecule has 0 radical (unpaired) electrons. The standard InChI is InChI=1S/C16H12BrNO3S3/c17-12-1-4-14(5-2-12)24(20,21)18-9-13-3-6-15(23-13)16(19)11-7-8-22-10-11/h1-8,10,18H,9H2. The van der Waals surface area contributed by atoms with Gasteiger partial charge < -0.3 is 0 Å². The van der Waals surface area contributed by atoms with Crippen LogP contribution in [0, 0.1) is 0 Å². The van der Waals surface area contributed by atoms with E-state index < -0.39 is 10.0 Å². The number of carbonyl (C=O) groups excluding carboxylic acids is 1. The molecule has 2 aromatic heterocycles. The molecule has 0 spiro atoms. The number of ketones is 1. The fourth-order valence-corrected chi connectivity index (χ4v) is 4.90. The van der Waals surface area contributed by atoms with E-state index in [0.717, 1.165) is 9.35 Å². The molecule has 3 aromatic rings. The Bertz CT molecular complexity index is 945. The first kappa shape index (κ1) is 17.5. The lowest BCUT2D eigenvalue weighted by molar-refractivity contribution is 0.104. The summed E-state index contributed by atoms with van der Waals surface area (Å²) < 4.78 is 27.9. The van der Waals surface area contributed by atoms with Crippen molar-refractivity contribution in [2.24, 2.45) is 0 Å². The first-order valence-electron chi connectivity index (χ1n) is 6.86. The Kier molecular flexibility index (Phi) is 5.31. The maximum absolute atomic E-state index is 12.3. The van der Waals surface area contributed by atoms with Crippen molar-refractivity contribution in [2.45, 2.75) is 11.4 Å². The number of rotatable bonds is 6. The van der Waals surface area contributed by atoms with E-state index in [0.29, 0.717) is 10.4 Å². The van der Waals surface area contributed by atoms with Crippen LogP contribution >= 0.6 is 38.6 Å². The van der Waals surface area contributed by atoms with E-state index >= 15 is 0 Å². The summed E-state index contributed by atoms with van der Waals surface area (Å²) in [6.45, 7) is 0.153. The Balaban J connectivity index is 1.69. The maximum atomic E-state index is 12.3. The summed E-state index contributed by atoms with van der Waals surface area (Å²) in [5.41, 5.74) is 0.656. The predicted octanol–water partition coefficient (Wildman–Crippen LogP) is 4.28. The maximum Gasteiger partial charge on any atom is 0.240 e. The van der Waals surface area contributed by atoms with Crippen LogP contribution in [0.25, 0.3) is 0 Å². The van der Waals surface area contributed by atoms with Crippen LogP contribution in [-0.2, 0) is 16.6 Å². The lowest BCUT2D eigenvalue weighted by Gasteiger charge is -2.05. The first-order chi connectivity index (χ1) is 11.5. The van der Waals surface area contributed by atoms with E-state index in [2.05, 4.69) is 20.7 Å². The van der Waals surface area contributed by atoms with Gasteiger partial charge in [-0.3, -0.25) is 4.79 Å². The molecule has 0 aliphatic heterocycles. The molecular weight excluding hydrogens is 430 g/mol. The van der Waals surface area contributed by atoms with Gasteiger partial charge in [0, 0.05) is 26.8 Å². The number of hydrogen-bond donors (Lipinski definition) is 1. The molecule has 24 heavy (non-hydrogen) atoms. The van der Waals surface area contributed by atoms with Crippen molar-refractivity contribution in [2.75, 3.05) is 0 Å². The molecule has 1 N–H and O–H groups in total. The molecule has 0 atom stereocenters. The summed E-state index contributed by atoms with van der Waals surface area (Å²) in [4.78, 5) is 13.8. The fourth-order valence-electron chi connectivity index (χ4n) is 1.99. The third kappa shape index (κ3) is 4.01. The van der Waals surface area contributed by atoms with Crippen LogP contribution in [0.3, 0.4) is 0 Å². The Morgan fingerprint density at radius 2 is 1.83 bits per heavy atom. The molecule has 124 valence electrons. The van der Waals surface area contributed by atoms with Gasteiger partial charge in [0.2, 0.25) is 15.8 Å². The zero-order valence-electron chi connectivity index (χ0n) is 12.2. The van der Waals surface area contributed by atoms with Gasteiger partial charge in [0.15, 0.2) is 0 Å². The number of sulfonamides is 1. The fraction of sp³-hybridized carbons (Fsp3) is 0.0625. The lowest BCUT2D eigenvalue weighted by Crippen LogP contribution is -2.22. The highest BCUT2D eigenvalue weighted by Gasteiger charge is 2.16. The number of benzene rings is 1. The van der Waals surface area contributed by atoms with E-state index in [-0.39, 0.29) is 17.2 Å². The molecule has 8 heteroatoms. The summed E-state index contributed by atoms with van der Waals surface area (Å²) in [7, 11) is -3.58. The Morgan fingerprint density at radius 1 is 1.08 bits per heavy atom. The predicted molar refractivity (Wildman–Crippen MR) is 100 cm³/mol. The molecular formula is C16H12BrNO3S3. The summed E-state index contributed by atoms with van der Waals surface area (Å²) >= 11 is 6.04. The van der Waals surface area contributed by atoms with Crippen LogP contribution < -0.4 is 4.72 Å². The summed E-state index contributed by atoms with van der Waals surface area (Å²) in [6.07, 6.45) is 0. The molecule has 0 saturated heterocycles. The number of halogens is 1. The first-order valence-corrected chi connectivity index (χ1v) is 10.9. The molecule has 0 unspecified atom stereocenters. The van der Waals surface area contributed by atoms with Crippen molar-refractivity contribution in [3.05, 3.63) is 73.0 Å². The average molecular weight is 442 g/mol. The SMILES string of the molecule is O=C(c1ccsc1)c1ccc(CNS(=O)(=O)c2ccc(Br)cc2)s1. The number of nitrogens with one attached hydrogen (secondary N) is 1. The van der Waals surface area contributed by atoms with Crippen molar-refractivity contribution in [1.82, 2.24) is 4.72 Å². The number of thiophene rings is 2. The molecule has 0 amide bonds. The lowest BCUT2D eigenvalue weighted by atomic mass is 10.2. The minimum atomic E-state index is -3.58. The second-order valence-electron chi connectivity index (χ2n) is 4.89. The van der Waals surface area contributed by atoms with E-state index in [1.807, 2.05) is 5.38 Å².